The maximum absolute atomic E-state index is 11.8. The van der Waals surface area contributed by atoms with Crippen molar-refractivity contribution in [3.05, 3.63) is 35.4 Å². The monoisotopic (exact) mass is 276 g/mol. The van der Waals surface area contributed by atoms with E-state index in [0.717, 1.165) is 12.1 Å². The molecule has 1 saturated heterocycles. The van der Waals surface area contributed by atoms with Gasteiger partial charge in [-0.2, -0.15) is 0 Å². The highest BCUT2D eigenvalue weighted by Crippen LogP contribution is 2.17. The van der Waals surface area contributed by atoms with Gasteiger partial charge in [-0.25, -0.2) is 0 Å². The van der Waals surface area contributed by atoms with Crippen molar-refractivity contribution in [3.8, 4) is 0 Å². The zero-order valence-corrected chi connectivity index (χ0v) is 11.9. The molecule has 108 valence electrons. The fraction of sp³-hybridized carbons (Fsp3) is 0.467. The van der Waals surface area contributed by atoms with Gasteiger partial charge < -0.3 is 10.1 Å². The van der Waals surface area contributed by atoms with Crippen LogP contribution in [-0.4, -0.2) is 43.0 Å². The molecule has 1 unspecified atom stereocenters. The zero-order valence-electron chi connectivity index (χ0n) is 11.9. The SMILES string of the molecule is CCNC(CN1C(=O)COCC1=O)c1ccc(C)cc1. The Morgan fingerprint density at radius 3 is 2.35 bits per heavy atom. The van der Waals surface area contributed by atoms with E-state index >= 15 is 0 Å². The summed E-state index contributed by atoms with van der Waals surface area (Å²) in [5.41, 5.74) is 2.26. The molecule has 1 atom stereocenters. The van der Waals surface area contributed by atoms with Gasteiger partial charge in [-0.05, 0) is 19.0 Å². The van der Waals surface area contributed by atoms with Gasteiger partial charge in [-0.15, -0.1) is 0 Å². The van der Waals surface area contributed by atoms with E-state index in [2.05, 4.69) is 5.32 Å². The first-order valence-corrected chi connectivity index (χ1v) is 6.82. The third kappa shape index (κ3) is 3.43. The van der Waals surface area contributed by atoms with E-state index in [9.17, 15) is 9.59 Å². The summed E-state index contributed by atoms with van der Waals surface area (Å²) in [6.07, 6.45) is 0. The van der Waals surface area contributed by atoms with Crippen molar-refractivity contribution in [2.24, 2.45) is 0 Å². The molecule has 0 saturated carbocycles. The molecule has 1 N–H and O–H groups in total. The fourth-order valence-electron chi connectivity index (χ4n) is 2.24. The molecular formula is C15H20N2O3. The average molecular weight is 276 g/mol. The van der Waals surface area contributed by atoms with E-state index in [1.165, 1.54) is 10.5 Å². The predicted octanol–water partition coefficient (Wildman–Crippen LogP) is 1.03. The second-order valence-corrected chi connectivity index (χ2v) is 4.91. The van der Waals surface area contributed by atoms with Crippen LogP contribution in [-0.2, 0) is 14.3 Å². The van der Waals surface area contributed by atoms with E-state index in [0.29, 0.717) is 6.54 Å². The van der Waals surface area contributed by atoms with Gasteiger partial charge >= 0.3 is 0 Å². The second-order valence-electron chi connectivity index (χ2n) is 4.91. The number of hydrogen-bond donors (Lipinski definition) is 1. The number of hydrogen-bond acceptors (Lipinski definition) is 4. The van der Waals surface area contributed by atoms with Crippen molar-refractivity contribution in [1.82, 2.24) is 10.2 Å². The lowest BCUT2D eigenvalue weighted by Crippen LogP contribution is -2.49. The number of morpholine rings is 1. The molecule has 1 aromatic carbocycles. The first kappa shape index (κ1) is 14.7. The van der Waals surface area contributed by atoms with Gasteiger partial charge in [0.2, 0.25) is 0 Å². The van der Waals surface area contributed by atoms with Crippen LogP contribution in [0.15, 0.2) is 24.3 Å². The van der Waals surface area contributed by atoms with Crippen LogP contribution in [0, 0.1) is 6.92 Å². The number of benzene rings is 1. The third-order valence-electron chi connectivity index (χ3n) is 3.35. The summed E-state index contributed by atoms with van der Waals surface area (Å²) in [5, 5.41) is 3.32. The number of carbonyl (C=O) groups excluding carboxylic acids is 2. The molecule has 2 rings (SSSR count). The topological polar surface area (TPSA) is 58.6 Å². The fourth-order valence-corrected chi connectivity index (χ4v) is 2.24. The molecule has 2 amide bonds. The number of aryl methyl sites for hydroxylation is 1. The van der Waals surface area contributed by atoms with Crippen LogP contribution in [0.4, 0.5) is 0 Å². The van der Waals surface area contributed by atoms with Gasteiger partial charge in [0.15, 0.2) is 0 Å². The van der Waals surface area contributed by atoms with Crippen LogP contribution >= 0.6 is 0 Å². The number of carbonyl (C=O) groups is 2. The maximum Gasteiger partial charge on any atom is 0.255 e. The van der Waals surface area contributed by atoms with E-state index < -0.39 is 0 Å². The number of likely N-dealkylation sites (N-methyl/N-ethyl adjacent to an activating group) is 1. The number of ether oxygens (including phenoxy) is 1. The Balaban J connectivity index is 2.14. The lowest BCUT2D eigenvalue weighted by Gasteiger charge is -2.29. The van der Waals surface area contributed by atoms with E-state index in [4.69, 9.17) is 4.74 Å². The number of imide groups is 1. The molecule has 1 aliphatic rings. The number of nitrogens with one attached hydrogen (secondary N) is 1. The highest BCUT2D eigenvalue weighted by Gasteiger charge is 2.29. The van der Waals surface area contributed by atoms with Gasteiger partial charge in [-0.3, -0.25) is 14.5 Å². The van der Waals surface area contributed by atoms with Gasteiger partial charge in [0, 0.05) is 6.54 Å². The summed E-state index contributed by atoms with van der Waals surface area (Å²) < 4.78 is 4.93. The Morgan fingerprint density at radius 2 is 1.80 bits per heavy atom. The van der Waals surface area contributed by atoms with Gasteiger partial charge in [-0.1, -0.05) is 36.8 Å². The molecule has 0 radical (unpaired) electrons. The highest BCUT2D eigenvalue weighted by molar-refractivity contribution is 5.98. The van der Waals surface area contributed by atoms with E-state index in [-0.39, 0.29) is 31.1 Å². The lowest BCUT2D eigenvalue weighted by atomic mass is 10.0. The van der Waals surface area contributed by atoms with Crippen LogP contribution in [0.3, 0.4) is 0 Å². The van der Waals surface area contributed by atoms with Gasteiger partial charge in [0.25, 0.3) is 11.8 Å². The van der Waals surface area contributed by atoms with Crippen LogP contribution in [0.2, 0.25) is 0 Å². The minimum absolute atomic E-state index is 0.0154. The Morgan fingerprint density at radius 1 is 1.20 bits per heavy atom. The highest BCUT2D eigenvalue weighted by atomic mass is 16.5. The normalized spacial score (nSPS) is 17.4. The first-order chi connectivity index (χ1) is 9.61. The molecule has 1 fully saturated rings. The predicted molar refractivity (Wildman–Crippen MR) is 75.1 cm³/mol. The van der Waals surface area contributed by atoms with Crippen LogP contribution in [0.1, 0.15) is 24.1 Å². The van der Waals surface area contributed by atoms with Crippen molar-refractivity contribution < 1.29 is 14.3 Å². The van der Waals surface area contributed by atoms with Crippen molar-refractivity contribution in [1.29, 1.82) is 0 Å². The van der Waals surface area contributed by atoms with Crippen LogP contribution < -0.4 is 5.32 Å². The summed E-state index contributed by atoms with van der Waals surface area (Å²) >= 11 is 0. The summed E-state index contributed by atoms with van der Waals surface area (Å²) in [4.78, 5) is 24.9. The Hall–Kier alpha value is -1.72. The first-order valence-electron chi connectivity index (χ1n) is 6.82. The summed E-state index contributed by atoms with van der Waals surface area (Å²) in [6.45, 7) is 5.12. The quantitative estimate of drug-likeness (QED) is 0.816. The number of amides is 2. The summed E-state index contributed by atoms with van der Waals surface area (Å²) in [7, 11) is 0. The molecule has 1 aromatic rings. The molecule has 5 nitrogen and oxygen atoms in total. The smallest absolute Gasteiger partial charge is 0.255 e. The van der Waals surface area contributed by atoms with Crippen molar-refractivity contribution >= 4 is 11.8 Å². The van der Waals surface area contributed by atoms with Gasteiger partial charge in [0.1, 0.15) is 13.2 Å². The summed E-state index contributed by atoms with van der Waals surface area (Å²) in [6, 6.07) is 8.06. The number of rotatable bonds is 5. The van der Waals surface area contributed by atoms with Crippen LogP contribution in [0.25, 0.3) is 0 Å². The second kappa shape index (κ2) is 6.63. The largest absolute Gasteiger partial charge is 0.362 e. The molecule has 1 heterocycles. The van der Waals surface area contributed by atoms with E-state index in [1.54, 1.807) is 0 Å². The standard InChI is InChI=1S/C15H20N2O3/c1-3-16-13(12-6-4-11(2)5-7-12)8-17-14(18)9-20-10-15(17)19/h4-7,13,16H,3,8-10H2,1-2H3. The lowest BCUT2D eigenvalue weighted by molar-refractivity contribution is -0.158. The minimum atomic E-state index is -0.267. The number of nitrogens with zero attached hydrogens (tertiary/aromatic N) is 1. The van der Waals surface area contributed by atoms with Crippen molar-refractivity contribution in [2.45, 2.75) is 19.9 Å². The molecule has 5 heteroatoms. The Labute approximate surface area is 118 Å². The molecule has 0 aromatic heterocycles. The molecule has 0 bridgehead atoms. The van der Waals surface area contributed by atoms with E-state index in [1.807, 2.05) is 38.1 Å². The Kier molecular flexibility index (Phi) is 4.87. The minimum Gasteiger partial charge on any atom is -0.362 e. The molecular weight excluding hydrogens is 256 g/mol. The van der Waals surface area contributed by atoms with Crippen LogP contribution in [0.5, 0.6) is 0 Å². The van der Waals surface area contributed by atoms with Crippen molar-refractivity contribution in [2.75, 3.05) is 26.3 Å². The maximum atomic E-state index is 11.8. The molecule has 20 heavy (non-hydrogen) atoms. The molecule has 1 aliphatic heterocycles. The van der Waals surface area contributed by atoms with Gasteiger partial charge in [0.05, 0.1) is 6.04 Å². The average Bonchev–Trinajstić information content (AvgIpc) is 2.43. The Bertz CT molecular complexity index is 468. The third-order valence-corrected chi connectivity index (χ3v) is 3.35. The molecule has 0 aliphatic carbocycles. The molecule has 0 spiro atoms. The summed E-state index contributed by atoms with van der Waals surface area (Å²) in [5.74, 6) is -0.535. The zero-order chi connectivity index (χ0) is 14.5. The van der Waals surface area contributed by atoms with Crippen molar-refractivity contribution in [3.63, 3.8) is 0 Å².